The van der Waals surface area contributed by atoms with Gasteiger partial charge in [-0.25, -0.2) is 0 Å². The number of phenols is 2. The number of carbonyl (C=O) groups is 2. The third kappa shape index (κ3) is 4.52. The van der Waals surface area contributed by atoms with Gasteiger partial charge in [0.2, 0.25) is 0 Å². The van der Waals surface area contributed by atoms with E-state index in [9.17, 15) is 19.8 Å². The molecule has 0 aromatic heterocycles. The number of ketones is 2. The summed E-state index contributed by atoms with van der Waals surface area (Å²) in [7, 11) is 0. The van der Waals surface area contributed by atoms with Crippen LogP contribution in [-0.2, 0) is 4.74 Å². The molecule has 0 saturated carbocycles. The fourth-order valence-electron chi connectivity index (χ4n) is 3.11. The molecule has 1 aliphatic carbocycles. The van der Waals surface area contributed by atoms with Crippen molar-refractivity contribution < 1.29 is 24.5 Å². The third-order valence-electron chi connectivity index (χ3n) is 4.60. The van der Waals surface area contributed by atoms with Crippen molar-refractivity contribution in [1.29, 1.82) is 0 Å². The Bertz CT molecular complexity index is 703. The Morgan fingerprint density at radius 1 is 1.00 bits per heavy atom. The fraction of sp³-hybridized carbons (Fsp3) is 0.524. The normalized spacial score (nSPS) is 15.2. The first kappa shape index (κ1) is 20.2. The monoisotopic (exact) mass is 360 g/mol. The lowest BCUT2D eigenvalue weighted by molar-refractivity contribution is 0.0588. The smallest absolute Gasteiger partial charge is 0.196 e. The largest absolute Gasteiger partial charge is 0.507 e. The number of ether oxygens (including phenoxy) is 1. The van der Waals surface area contributed by atoms with Crippen LogP contribution in [0, 0.1) is 5.92 Å². The van der Waals surface area contributed by atoms with Gasteiger partial charge in [0.1, 0.15) is 11.5 Å². The van der Waals surface area contributed by atoms with Gasteiger partial charge in [0.25, 0.3) is 0 Å². The Hall–Kier alpha value is -2.14. The predicted molar refractivity (Wildman–Crippen MR) is 99.9 cm³/mol. The topological polar surface area (TPSA) is 83.8 Å². The van der Waals surface area contributed by atoms with Crippen molar-refractivity contribution in [2.24, 2.45) is 5.92 Å². The van der Waals surface area contributed by atoms with E-state index in [1.807, 2.05) is 0 Å². The van der Waals surface area contributed by atoms with Gasteiger partial charge in [0.15, 0.2) is 11.6 Å². The van der Waals surface area contributed by atoms with Crippen LogP contribution in [-0.4, -0.2) is 34.5 Å². The highest BCUT2D eigenvalue weighted by Gasteiger charge is 2.34. The number of aromatic hydroxyl groups is 2. The molecule has 1 aromatic rings. The maximum absolute atomic E-state index is 12.9. The van der Waals surface area contributed by atoms with Crippen LogP contribution in [0.15, 0.2) is 23.8 Å². The average Bonchev–Trinajstić information content (AvgIpc) is 2.59. The molecule has 0 saturated heterocycles. The lowest BCUT2D eigenvalue weighted by Gasteiger charge is -2.25. The number of carbonyl (C=O) groups excluding carboxylic acids is 2. The number of benzene rings is 1. The molecule has 26 heavy (non-hydrogen) atoms. The van der Waals surface area contributed by atoms with Crippen molar-refractivity contribution in [3.8, 4) is 11.5 Å². The van der Waals surface area contributed by atoms with E-state index in [0.29, 0.717) is 18.9 Å². The molecule has 0 radical (unpaired) electrons. The van der Waals surface area contributed by atoms with Gasteiger partial charge in [-0.15, -0.1) is 0 Å². The van der Waals surface area contributed by atoms with Crippen LogP contribution in [0.1, 0.15) is 73.6 Å². The van der Waals surface area contributed by atoms with Crippen molar-refractivity contribution >= 4 is 11.6 Å². The van der Waals surface area contributed by atoms with E-state index in [-0.39, 0.29) is 28.2 Å². The summed E-state index contributed by atoms with van der Waals surface area (Å²) in [5.74, 6) is -1.08. The van der Waals surface area contributed by atoms with E-state index in [2.05, 4.69) is 20.8 Å². The lowest BCUT2D eigenvalue weighted by Crippen LogP contribution is -2.28. The number of rotatable bonds is 9. The van der Waals surface area contributed by atoms with Crippen molar-refractivity contribution in [2.45, 2.75) is 59.0 Å². The molecule has 1 atom stereocenters. The van der Waals surface area contributed by atoms with Crippen LogP contribution in [0.2, 0.25) is 0 Å². The summed E-state index contributed by atoms with van der Waals surface area (Å²) in [6.45, 7) is 6.81. The van der Waals surface area contributed by atoms with Crippen molar-refractivity contribution in [2.75, 3.05) is 6.61 Å². The van der Waals surface area contributed by atoms with E-state index in [4.69, 9.17) is 4.74 Å². The van der Waals surface area contributed by atoms with Crippen molar-refractivity contribution in [1.82, 2.24) is 0 Å². The Labute approximate surface area is 154 Å². The van der Waals surface area contributed by atoms with Gasteiger partial charge in [0, 0.05) is 12.2 Å². The first-order valence-electron chi connectivity index (χ1n) is 9.33. The minimum Gasteiger partial charge on any atom is -0.507 e. The van der Waals surface area contributed by atoms with Crippen LogP contribution < -0.4 is 0 Å². The second-order valence-electron chi connectivity index (χ2n) is 7.18. The van der Waals surface area contributed by atoms with E-state index >= 15 is 0 Å². The molecule has 0 heterocycles. The van der Waals surface area contributed by atoms with Crippen LogP contribution in [0.4, 0.5) is 0 Å². The lowest BCUT2D eigenvalue weighted by atomic mass is 9.84. The quantitative estimate of drug-likeness (QED) is 0.503. The predicted octanol–water partition coefficient (Wildman–Crippen LogP) is 4.41. The Kier molecular flexibility index (Phi) is 6.98. The summed E-state index contributed by atoms with van der Waals surface area (Å²) in [6.07, 6.45) is 5.27. The van der Waals surface area contributed by atoms with Crippen molar-refractivity contribution in [3.63, 3.8) is 0 Å². The highest BCUT2D eigenvalue weighted by molar-refractivity contribution is 6.26. The minimum absolute atomic E-state index is 0.126. The number of hydrogen-bond acceptors (Lipinski definition) is 5. The molecule has 1 unspecified atom stereocenters. The van der Waals surface area contributed by atoms with E-state index < -0.39 is 17.7 Å². The zero-order valence-corrected chi connectivity index (χ0v) is 15.7. The number of unbranched alkanes of at least 4 members (excludes halogenated alkanes) is 2. The molecule has 2 N–H and O–H groups in total. The van der Waals surface area contributed by atoms with Gasteiger partial charge in [-0.3, -0.25) is 9.59 Å². The zero-order chi connectivity index (χ0) is 19.3. The first-order valence-corrected chi connectivity index (χ1v) is 9.33. The van der Waals surface area contributed by atoms with Crippen LogP contribution in [0.3, 0.4) is 0 Å². The van der Waals surface area contributed by atoms with Gasteiger partial charge >= 0.3 is 0 Å². The number of hydrogen-bond donors (Lipinski definition) is 2. The van der Waals surface area contributed by atoms with Gasteiger partial charge in [-0.1, -0.05) is 33.6 Å². The van der Waals surface area contributed by atoms with Gasteiger partial charge in [-0.2, -0.15) is 0 Å². The number of fused-ring (bicyclic) bond motifs is 1. The maximum atomic E-state index is 12.9. The number of phenolic OH excluding ortho intramolecular Hbond substituents is 2. The molecule has 5 heteroatoms. The van der Waals surface area contributed by atoms with Crippen LogP contribution in [0.5, 0.6) is 11.5 Å². The van der Waals surface area contributed by atoms with E-state index in [1.54, 1.807) is 0 Å². The second-order valence-corrected chi connectivity index (χ2v) is 7.18. The zero-order valence-electron chi connectivity index (χ0n) is 15.7. The van der Waals surface area contributed by atoms with Crippen LogP contribution >= 0.6 is 0 Å². The Morgan fingerprint density at radius 3 is 2.27 bits per heavy atom. The minimum atomic E-state index is -0.486. The summed E-state index contributed by atoms with van der Waals surface area (Å²) < 4.78 is 5.95. The first-order chi connectivity index (χ1) is 12.4. The third-order valence-corrected chi connectivity index (χ3v) is 4.60. The molecule has 0 bridgehead atoms. The second kappa shape index (κ2) is 8.99. The molecule has 142 valence electrons. The summed E-state index contributed by atoms with van der Waals surface area (Å²) in [6, 6.07) is 2.45. The summed E-state index contributed by atoms with van der Waals surface area (Å²) in [5, 5.41) is 20.0. The summed E-state index contributed by atoms with van der Waals surface area (Å²) in [4.78, 5) is 25.4. The summed E-state index contributed by atoms with van der Waals surface area (Å²) >= 11 is 0. The highest BCUT2D eigenvalue weighted by Crippen LogP contribution is 2.36. The number of allylic oxidation sites excluding steroid dienone is 1. The van der Waals surface area contributed by atoms with E-state index in [1.165, 1.54) is 18.2 Å². The average molecular weight is 360 g/mol. The van der Waals surface area contributed by atoms with Crippen molar-refractivity contribution in [3.05, 3.63) is 34.9 Å². The summed E-state index contributed by atoms with van der Waals surface area (Å²) in [5.41, 5.74) is 0.00657. The number of Topliss-reactive ketones (excluding diaryl/α,β-unsaturated/α-hetero) is 1. The molecule has 0 aliphatic heterocycles. The van der Waals surface area contributed by atoms with Gasteiger partial charge < -0.3 is 14.9 Å². The molecule has 1 aromatic carbocycles. The maximum Gasteiger partial charge on any atom is 0.196 e. The molecule has 0 fully saturated rings. The molecular weight excluding hydrogens is 332 g/mol. The molecule has 0 spiro atoms. The Balaban J connectivity index is 2.30. The highest BCUT2D eigenvalue weighted by atomic mass is 16.5. The standard InChI is InChI=1S/C21H28O5/c1-4-5-6-11-26-18(10-7-13(2)3)14-12-17(24)19-15(22)8-9-16(23)20(19)21(14)25/h8-9,12-13,18,22-23H,4-7,10-11H2,1-3H3. The van der Waals surface area contributed by atoms with Gasteiger partial charge in [-0.05, 0) is 43.4 Å². The molecule has 0 amide bonds. The fourth-order valence-corrected chi connectivity index (χ4v) is 3.11. The molecule has 1 aliphatic rings. The van der Waals surface area contributed by atoms with Crippen LogP contribution in [0.25, 0.3) is 0 Å². The van der Waals surface area contributed by atoms with Gasteiger partial charge in [0.05, 0.1) is 17.2 Å². The molecular formula is C21H28O5. The molecule has 5 nitrogen and oxygen atoms in total. The Morgan fingerprint density at radius 2 is 1.65 bits per heavy atom. The SMILES string of the molecule is CCCCCOC(CCC(C)C)C1=CC(=O)c2c(O)ccc(O)c2C1=O. The van der Waals surface area contributed by atoms with E-state index in [0.717, 1.165) is 25.7 Å². The molecule has 2 rings (SSSR count).